The van der Waals surface area contributed by atoms with Crippen molar-refractivity contribution in [3.05, 3.63) is 42.0 Å². The van der Waals surface area contributed by atoms with Gasteiger partial charge in [0.15, 0.2) is 6.61 Å². The van der Waals surface area contributed by atoms with Crippen LogP contribution in [0, 0.1) is 0 Å². The van der Waals surface area contributed by atoms with Crippen LogP contribution in [0.4, 0.5) is 0 Å². The van der Waals surface area contributed by atoms with Crippen LogP contribution < -0.4 is 10.1 Å². The van der Waals surface area contributed by atoms with Crippen LogP contribution in [0.5, 0.6) is 5.75 Å². The van der Waals surface area contributed by atoms with Crippen LogP contribution in [0.3, 0.4) is 0 Å². The van der Waals surface area contributed by atoms with Gasteiger partial charge in [0.25, 0.3) is 0 Å². The summed E-state index contributed by atoms with van der Waals surface area (Å²) in [5.41, 5.74) is 0. The van der Waals surface area contributed by atoms with Crippen LogP contribution in [-0.4, -0.2) is 23.2 Å². The van der Waals surface area contributed by atoms with E-state index in [1.165, 1.54) is 0 Å². The topological polar surface area (TPSA) is 60.2 Å². The normalized spacial score (nSPS) is 19.0. The zero-order valence-corrected chi connectivity index (χ0v) is 10.0. The summed E-state index contributed by atoms with van der Waals surface area (Å²) in [6.07, 6.45) is 1.06. The van der Waals surface area contributed by atoms with Gasteiger partial charge in [-0.15, -0.1) is 0 Å². The van der Waals surface area contributed by atoms with E-state index < -0.39 is 0 Å². The highest BCUT2D eigenvalue weighted by Gasteiger charge is 2.22. The van der Waals surface area contributed by atoms with E-state index in [4.69, 9.17) is 9.26 Å². The lowest BCUT2D eigenvalue weighted by Gasteiger charge is -2.01. The second-order valence-electron chi connectivity index (χ2n) is 4.34. The Hall–Kier alpha value is -1.88. The molecule has 2 aromatic rings. The van der Waals surface area contributed by atoms with Crippen molar-refractivity contribution in [1.82, 2.24) is 15.5 Å². The Balaban J connectivity index is 1.60. The molecule has 0 aliphatic carbocycles. The highest BCUT2D eigenvalue weighted by atomic mass is 16.5. The van der Waals surface area contributed by atoms with Crippen molar-refractivity contribution < 1.29 is 9.26 Å². The quantitative estimate of drug-likeness (QED) is 0.888. The SMILES string of the molecule is c1ccc(OCc2noc([C@H]3CCNC3)n2)cc1. The number of benzene rings is 1. The number of aromatic nitrogens is 2. The average molecular weight is 245 g/mol. The van der Waals surface area contributed by atoms with Gasteiger partial charge < -0.3 is 14.6 Å². The third-order valence-electron chi connectivity index (χ3n) is 3.00. The molecule has 2 heterocycles. The number of hydrogen-bond acceptors (Lipinski definition) is 5. The van der Waals surface area contributed by atoms with Crippen LogP contribution in [0.15, 0.2) is 34.9 Å². The number of rotatable bonds is 4. The minimum absolute atomic E-state index is 0.341. The average Bonchev–Trinajstić information content (AvgIpc) is 3.08. The van der Waals surface area contributed by atoms with Gasteiger partial charge in [-0.3, -0.25) is 0 Å². The molecule has 1 aliphatic rings. The molecule has 18 heavy (non-hydrogen) atoms. The van der Waals surface area contributed by atoms with Crippen LogP contribution in [-0.2, 0) is 6.61 Å². The maximum atomic E-state index is 5.57. The van der Waals surface area contributed by atoms with Crippen molar-refractivity contribution in [1.29, 1.82) is 0 Å². The second kappa shape index (κ2) is 5.18. The molecule has 1 N–H and O–H groups in total. The molecule has 94 valence electrons. The van der Waals surface area contributed by atoms with E-state index >= 15 is 0 Å². The predicted octanol–water partition coefficient (Wildman–Crippen LogP) is 1.73. The molecule has 0 spiro atoms. The Kier molecular flexibility index (Phi) is 3.23. The summed E-state index contributed by atoms with van der Waals surface area (Å²) in [4.78, 5) is 4.36. The molecule has 1 saturated heterocycles. The van der Waals surface area contributed by atoms with E-state index in [1.807, 2.05) is 30.3 Å². The summed E-state index contributed by atoms with van der Waals surface area (Å²) >= 11 is 0. The molecule has 0 saturated carbocycles. The lowest BCUT2D eigenvalue weighted by molar-refractivity contribution is 0.284. The van der Waals surface area contributed by atoms with Crippen LogP contribution in [0.1, 0.15) is 24.1 Å². The molecule has 3 rings (SSSR count). The molecule has 1 fully saturated rings. The number of nitrogens with zero attached hydrogens (tertiary/aromatic N) is 2. The van der Waals surface area contributed by atoms with E-state index in [9.17, 15) is 0 Å². The lowest BCUT2D eigenvalue weighted by atomic mass is 10.1. The first-order chi connectivity index (χ1) is 8.92. The molecule has 1 aromatic heterocycles. The highest BCUT2D eigenvalue weighted by molar-refractivity contribution is 5.20. The van der Waals surface area contributed by atoms with Crippen LogP contribution in [0.25, 0.3) is 0 Å². The summed E-state index contributed by atoms with van der Waals surface area (Å²) in [7, 11) is 0. The van der Waals surface area contributed by atoms with Crippen LogP contribution in [0.2, 0.25) is 0 Å². The van der Waals surface area contributed by atoms with Gasteiger partial charge in [0.1, 0.15) is 5.75 Å². The molecule has 1 aliphatic heterocycles. The van der Waals surface area contributed by atoms with Gasteiger partial charge >= 0.3 is 0 Å². The summed E-state index contributed by atoms with van der Waals surface area (Å²) in [5, 5.41) is 7.22. The van der Waals surface area contributed by atoms with Crippen LogP contribution >= 0.6 is 0 Å². The van der Waals surface area contributed by atoms with E-state index in [-0.39, 0.29) is 0 Å². The minimum atomic E-state index is 0.341. The van der Waals surface area contributed by atoms with Crippen molar-refractivity contribution in [3.8, 4) is 5.75 Å². The Morgan fingerprint density at radius 2 is 2.22 bits per heavy atom. The first-order valence-electron chi connectivity index (χ1n) is 6.13. The first-order valence-corrected chi connectivity index (χ1v) is 6.13. The van der Waals surface area contributed by atoms with Gasteiger partial charge in [-0.05, 0) is 25.1 Å². The molecule has 5 nitrogen and oxygen atoms in total. The molecule has 0 radical (unpaired) electrons. The molecule has 0 unspecified atom stereocenters. The van der Waals surface area contributed by atoms with Gasteiger partial charge in [-0.25, -0.2) is 0 Å². The Labute approximate surface area is 105 Å². The molecule has 0 amide bonds. The molecule has 0 bridgehead atoms. The molecular formula is C13H15N3O2. The summed E-state index contributed by atoms with van der Waals surface area (Å²) in [6.45, 7) is 2.28. The van der Waals surface area contributed by atoms with Gasteiger partial charge in [-0.1, -0.05) is 23.4 Å². The number of hydrogen-bond donors (Lipinski definition) is 1. The third kappa shape index (κ3) is 2.51. The number of para-hydroxylation sites is 1. The molecule has 1 aromatic carbocycles. The maximum absolute atomic E-state index is 5.57. The van der Waals surface area contributed by atoms with E-state index in [0.717, 1.165) is 25.3 Å². The van der Waals surface area contributed by atoms with Crippen molar-refractivity contribution in [2.24, 2.45) is 0 Å². The summed E-state index contributed by atoms with van der Waals surface area (Å²) in [6, 6.07) is 9.62. The fourth-order valence-electron chi connectivity index (χ4n) is 2.02. The fraction of sp³-hybridized carbons (Fsp3) is 0.385. The van der Waals surface area contributed by atoms with Crippen molar-refractivity contribution >= 4 is 0 Å². The Bertz CT molecular complexity index is 492. The van der Waals surface area contributed by atoms with E-state index in [0.29, 0.717) is 24.2 Å². The Morgan fingerprint density at radius 3 is 3.00 bits per heavy atom. The van der Waals surface area contributed by atoms with Gasteiger partial charge in [0.05, 0.1) is 5.92 Å². The number of nitrogens with one attached hydrogen (secondary N) is 1. The first kappa shape index (κ1) is 11.2. The van der Waals surface area contributed by atoms with E-state index in [2.05, 4.69) is 15.5 Å². The van der Waals surface area contributed by atoms with Crippen molar-refractivity contribution in [2.75, 3.05) is 13.1 Å². The Morgan fingerprint density at radius 1 is 1.33 bits per heavy atom. The smallest absolute Gasteiger partial charge is 0.231 e. The summed E-state index contributed by atoms with van der Waals surface area (Å²) < 4.78 is 10.8. The monoisotopic (exact) mass is 245 g/mol. The van der Waals surface area contributed by atoms with Gasteiger partial charge in [0, 0.05) is 6.54 Å². The number of ether oxygens (including phenoxy) is 1. The molecule has 1 atom stereocenters. The lowest BCUT2D eigenvalue weighted by Crippen LogP contribution is -2.08. The standard InChI is InChI=1S/C13H15N3O2/c1-2-4-11(5-3-1)17-9-12-15-13(18-16-12)10-6-7-14-8-10/h1-5,10,14H,6-9H2/t10-/m0/s1. The van der Waals surface area contributed by atoms with E-state index in [1.54, 1.807) is 0 Å². The zero-order valence-electron chi connectivity index (χ0n) is 10.0. The summed E-state index contributed by atoms with van der Waals surface area (Å²) in [5.74, 6) is 2.47. The van der Waals surface area contributed by atoms with Gasteiger partial charge in [-0.2, -0.15) is 4.98 Å². The highest BCUT2D eigenvalue weighted by Crippen LogP contribution is 2.20. The maximum Gasteiger partial charge on any atom is 0.231 e. The van der Waals surface area contributed by atoms with Crippen molar-refractivity contribution in [3.63, 3.8) is 0 Å². The second-order valence-corrected chi connectivity index (χ2v) is 4.34. The fourth-order valence-corrected chi connectivity index (χ4v) is 2.02. The minimum Gasteiger partial charge on any atom is -0.485 e. The van der Waals surface area contributed by atoms with Crippen molar-refractivity contribution in [2.45, 2.75) is 18.9 Å². The van der Waals surface area contributed by atoms with Gasteiger partial charge in [0.2, 0.25) is 11.7 Å². The molecular weight excluding hydrogens is 230 g/mol. The zero-order chi connectivity index (χ0) is 12.2. The third-order valence-corrected chi connectivity index (χ3v) is 3.00. The largest absolute Gasteiger partial charge is 0.485 e. The predicted molar refractivity (Wildman–Crippen MR) is 65.3 cm³/mol. The molecule has 5 heteroatoms.